The molecule has 1 aliphatic heterocycles. The highest BCUT2D eigenvalue weighted by molar-refractivity contribution is 14.1. The number of hydrogen-bond acceptors (Lipinski definition) is 5. The van der Waals surface area contributed by atoms with Crippen molar-refractivity contribution in [2.75, 3.05) is 11.5 Å². The second kappa shape index (κ2) is 11.4. The van der Waals surface area contributed by atoms with E-state index in [2.05, 4.69) is 38.5 Å². The van der Waals surface area contributed by atoms with Crippen molar-refractivity contribution in [1.29, 1.82) is 0 Å². The summed E-state index contributed by atoms with van der Waals surface area (Å²) in [5, 5.41) is 0.652. The van der Waals surface area contributed by atoms with Crippen molar-refractivity contribution < 1.29 is 14.3 Å². The number of rotatable bonds is 7. The SMILES string of the molecule is CCOc1cc(/C=C2/SC(=S)N(c3cccc(Br)c3)C2=O)cc(I)c1OCc1ccccc1Cl. The van der Waals surface area contributed by atoms with E-state index in [1.165, 1.54) is 11.8 Å². The third kappa shape index (κ3) is 5.79. The molecule has 0 unspecified atom stereocenters. The van der Waals surface area contributed by atoms with Gasteiger partial charge in [0, 0.05) is 15.1 Å². The maximum atomic E-state index is 13.1. The number of carbonyl (C=O) groups excluding carboxylic acids is 1. The zero-order chi connectivity index (χ0) is 24.2. The van der Waals surface area contributed by atoms with Gasteiger partial charge in [0.25, 0.3) is 5.91 Å². The van der Waals surface area contributed by atoms with Gasteiger partial charge < -0.3 is 9.47 Å². The summed E-state index contributed by atoms with van der Waals surface area (Å²) in [6.07, 6.45) is 1.83. The Morgan fingerprint density at radius 3 is 2.68 bits per heavy atom. The predicted molar refractivity (Wildman–Crippen MR) is 156 cm³/mol. The van der Waals surface area contributed by atoms with Crippen LogP contribution in [0.15, 0.2) is 70.0 Å². The van der Waals surface area contributed by atoms with Gasteiger partial charge in [0.15, 0.2) is 15.8 Å². The van der Waals surface area contributed by atoms with Crippen LogP contribution < -0.4 is 14.4 Å². The lowest BCUT2D eigenvalue weighted by Crippen LogP contribution is -2.27. The number of ether oxygens (including phenoxy) is 2. The van der Waals surface area contributed by atoms with E-state index in [9.17, 15) is 4.79 Å². The minimum absolute atomic E-state index is 0.153. The summed E-state index contributed by atoms with van der Waals surface area (Å²) < 4.78 is 14.2. The summed E-state index contributed by atoms with van der Waals surface area (Å²) >= 11 is 18.7. The van der Waals surface area contributed by atoms with Gasteiger partial charge in [-0.05, 0) is 77.6 Å². The van der Waals surface area contributed by atoms with E-state index in [1.807, 2.05) is 73.7 Å². The number of benzene rings is 3. The van der Waals surface area contributed by atoms with Crippen LogP contribution in [0.1, 0.15) is 18.1 Å². The van der Waals surface area contributed by atoms with E-state index in [4.69, 9.17) is 33.3 Å². The molecule has 0 spiro atoms. The Labute approximate surface area is 234 Å². The fourth-order valence-corrected chi connectivity index (χ4v) is 5.95. The van der Waals surface area contributed by atoms with Gasteiger partial charge in [-0.15, -0.1) is 0 Å². The fraction of sp³-hybridized carbons (Fsp3) is 0.120. The van der Waals surface area contributed by atoms with Crippen LogP contribution in [0, 0.1) is 3.57 Å². The topological polar surface area (TPSA) is 38.8 Å². The number of halogens is 3. The number of thioether (sulfide) groups is 1. The van der Waals surface area contributed by atoms with Crippen LogP contribution in [-0.2, 0) is 11.4 Å². The second-order valence-electron chi connectivity index (χ2n) is 7.14. The molecule has 1 aliphatic rings. The molecular formula is C25H18BrClINO3S2. The Balaban J connectivity index is 1.61. The molecule has 4 rings (SSSR count). The largest absolute Gasteiger partial charge is 0.490 e. The molecule has 174 valence electrons. The first-order valence-electron chi connectivity index (χ1n) is 10.2. The molecule has 0 radical (unpaired) electrons. The molecule has 1 saturated heterocycles. The van der Waals surface area contributed by atoms with E-state index in [-0.39, 0.29) is 5.91 Å². The van der Waals surface area contributed by atoms with Gasteiger partial charge >= 0.3 is 0 Å². The van der Waals surface area contributed by atoms with Crippen LogP contribution in [-0.4, -0.2) is 16.8 Å². The number of nitrogens with zero attached hydrogens (tertiary/aromatic N) is 1. The second-order valence-corrected chi connectivity index (χ2v) is 11.3. The molecule has 0 atom stereocenters. The lowest BCUT2D eigenvalue weighted by Gasteiger charge is -2.15. The quantitative estimate of drug-likeness (QED) is 0.143. The summed E-state index contributed by atoms with van der Waals surface area (Å²) in [5.41, 5.74) is 2.45. The number of carbonyl (C=O) groups is 1. The Kier molecular flexibility index (Phi) is 8.57. The Morgan fingerprint density at radius 1 is 1.15 bits per heavy atom. The van der Waals surface area contributed by atoms with Crippen molar-refractivity contribution in [2.24, 2.45) is 0 Å². The van der Waals surface area contributed by atoms with Crippen molar-refractivity contribution >= 4 is 96.1 Å². The van der Waals surface area contributed by atoms with Crippen molar-refractivity contribution in [2.45, 2.75) is 13.5 Å². The maximum Gasteiger partial charge on any atom is 0.270 e. The molecule has 0 aliphatic carbocycles. The first-order chi connectivity index (χ1) is 16.4. The van der Waals surface area contributed by atoms with Crippen LogP contribution in [0.25, 0.3) is 6.08 Å². The molecule has 1 heterocycles. The van der Waals surface area contributed by atoms with Gasteiger partial charge in [-0.3, -0.25) is 9.69 Å². The number of thiocarbonyl (C=S) groups is 1. The highest BCUT2D eigenvalue weighted by Crippen LogP contribution is 2.39. The Bertz CT molecular complexity index is 1300. The Hall–Kier alpha value is -1.59. The molecule has 0 bridgehead atoms. The van der Waals surface area contributed by atoms with E-state index < -0.39 is 0 Å². The van der Waals surface area contributed by atoms with Gasteiger partial charge in [-0.1, -0.05) is 75.8 Å². The molecule has 34 heavy (non-hydrogen) atoms. The van der Waals surface area contributed by atoms with Crippen LogP contribution in [0.4, 0.5) is 5.69 Å². The van der Waals surface area contributed by atoms with Crippen molar-refractivity contribution in [1.82, 2.24) is 0 Å². The van der Waals surface area contributed by atoms with E-state index in [0.29, 0.717) is 39.0 Å². The van der Waals surface area contributed by atoms with E-state index in [0.717, 1.165) is 24.9 Å². The molecule has 9 heteroatoms. The lowest BCUT2D eigenvalue weighted by molar-refractivity contribution is -0.113. The zero-order valence-electron chi connectivity index (χ0n) is 17.9. The first kappa shape index (κ1) is 25.5. The van der Waals surface area contributed by atoms with E-state index >= 15 is 0 Å². The highest BCUT2D eigenvalue weighted by atomic mass is 127. The van der Waals surface area contributed by atoms with Crippen LogP contribution >= 0.6 is 74.1 Å². The standard InChI is InChI=1S/C25H18BrClINO3S2/c1-2-31-21-11-15(10-20(28)23(21)32-14-16-6-3-4-9-19(16)27)12-22-24(30)29(25(33)34-22)18-8-5-7-17(26)13-18/h3-13H,2,14H2,1H3/b22-12+. The van der Waals surface area contributed by atoms with Gasteiger partial charge in [0.05, 0.1) is 20.8 Å². The van der Waals surface area contributed by atoms with Crippen molar-refractivity contribution in [3.8, 4) is 11.5 Å². The van der Waals surface area contributed by atoms with Crippen LogP contribution in [0.3, 0.4) is 0 Å². The first-order valence-corrected chi connectivity index (χ1v) is 13.7. The molecule has 1 fully saturated rings. The summed E-state index contributed by atoms with van der Waals surface area (Å²) in [7, 11) is 0. The normalized spacial score (nSPS) is 14.7. The molecule has 0 N–H and O–H groups in total. The maximum absolute atomic E-state index is 13.1. The smallest absolute Gasteiger partial charge is 0.270 e. The molecule has 3 aromatic rings. The molecule has 0 saturated carbocycles. The summed E-state index contributed by atoms with van der Waals surface area (Å²) in [6, 6.07) is 18.9. The summed E-state index contributed by atoms with van der Waals surface area (Å²) in [4.78, 5) is 15.2. The van der Waals surface area contributed by atoms with E-state index in [1.54, 1.807) is 4.90 Å². The fourth-order valence-electron chi connectivity index (χ4n) is 3.30. The number of hydrogen-bond donors (Lipinski definition) is 0. The van der Waals surface area contributed by atoms with Gasteiger partial charge in [-0.2, -0.15) is 0 Å². The zero-order valence-corrected chi connectivity index (χ0v) is 24.0. The average Bonchev–Trinajstić information content (AvgIpc) is 3.07. The molecule has 1 amide bonds. The van der Waals surface area contributed by atoms with Gasteiger partial charge in [-0.25, -0.2) is 0 Å². The minimum Gasteiger partial charge on any atom is -0.490 e. The van der Waals surface area contributed by atoms with Crippen molar-refractivity contribution in [3.63, 3.8) is 0 Å². The Morgan fingerprint density at radius 2 is 1.94 bits per heavy atom. The number of anilines is 1. The molecule has 4 nitrogen and oxygen atoms in total. The third-order valence-electron chi connectivity index (χ3n) is 4.82. The summed E-state index contributed by atoms with van der Waals surface area (Å²) in [6.45, 7) is 2.72. The van der Waals surface area contributed by atoms with Crippen LogP contribution in [0.2, 0.25) is 5.02 Å². The predicted octanol–water partition coefficient (Wildman–Crippen LogP) is 8.09. The van der Waals surface area contributed by atoms with Gasteiger partial charge in [0.2, 0.25) is 0 Å². The molecular weight excluding hydrogens is 669 g/mol. The van der Waals surface area contributed by atoms with Crippen LogP contribution in [0.5, 0.6) is 11.5 Å². The molecule has 3 aromatic carbocycles. The molecule has 0 aromatic heterocycles. The van der Waals surface area contributed by atoms with Crippen molar-refractivity contribution in [3.05, 3.63) is 89.8 Å². The average molecular weight is 687 g/mol. The highest BCUT2D eigenvalue weighted by Gasteiger charge is 2.33. The lowest BCUT2D eigenvalue weighted by atomic mass is 10.1. The monoisotopic (exact) mass is 685 g/mol. The minimum atomic E-state index is -0.153. The number of amides is 1. The van der Waals surface area contributed by atoms with Gasteiger partial charge in [0.1, 0.15) is 6.61 Å². The summed E-state index contributed by atoms with van der Waals surface area (Å²) in [5.74, 6) is 1.09. The third-order valence-corrected chi connectivity index (χ3v) is 7.78.